The smallest absolute Gasteiger partial charge is 0.306 e. The van der Waals surface area contributed by atoms with Crippen LogP contribution in [-0.2, 0) is 9.53 Å². The van der Waals surface area contributed by atoms with E-state index in [-0.39, 0.29) is 12.1 Å². The number of carbonyl (C=O) groups is 1. The molecule has 4 aliphatic rings. The first kappa shape index (κ1) is 42.9. The van der Waals surface area contributed by atoms with Crippen LogP contribution in [0.25, 0.3) is 0 Å². The highest BCUT2D eigenvalue weighted by Gasteiger charge is 2.59. The lowest BCUT2D eigenvalue weighted by Gasteiger charge is -2.58. The second-order valence-corrected chi connectivity index (χ2v) is 18.7. The van der Waals surface area contributed by atoms with Gasteiger partial charge in [0.05, 0.1) is 0 Å². The lowest BCUT2D eigenvalue weighted by molar-refractivity contribution is -0.151. The number of allylic oxidation sites excluding steroid dienone is 9. The van der Waals surface area contributed by atoms with E-state index < -0.39 is 0 Å². The highest BCUT2D eigenvalue weighted by atomic mass is 16.5. The van der Waals surface area contributed by atoms with Crippen molar-refractivity contribution in [1.29, 1.82) is 0 Å². The Balaban J connectivity index is 1.11. The monoisotopic (exact) mass is 715 g/mol. The molecule has 52 heavy (non-hydrogen) atoms. The third-order valence-electron chi connectivity index (χ3n) is 15.1. The minimum atomic E-state index is 0.0387. The van der Waals surface area contributed by atoms with Crippen molar-refractivity contribution in [3.8, 4) is 0 Å². The zero-order valence-electron chi connectivity index (χ0n) is 35.2. The summed E-state index contributed by atoms with van der Waals surface area (Å²) < 4.78 is 6.14. The second kappa shape index (κ2) is 21.9. The molecule has 0 amide bonds. The summed E-state index contributed by atoms with van der Waals surface area (Å²) in [6, 6.07) is 0. The Labute approximate surface area is 322 Å². The van der Waals surface area contributed by atoms with Crippen LogP contribution in [0.2, 0.25) is 0 Å². The first-order valence-corrected chi connectivity index (χ1v) is 22.7. The minimum Gasteiger partial charge on any atom is -0.462 e. The first-order valence-electron chi connectivity index (χ1n) is 22.7. The summed E-state index contributed by atoms with van der Waals surface area (Å²) in [4.78, 5) is 12.9. The number of unbranched alkanes of at least 4 members (excludes halogenated alkanes) is 8. The fraction of sp³-hybridized carbons (Fsp3) is 0.780. The van der Waals surface area contributed by atoms with Crippen LogP contribution in [0.3, 0.4) is 0 Å². The molecule has 0 spiro atoms. The summed E-state index contributed by atoms with van der Waals surface area (Å²) in [6.07, 6.45) is 47.0. The van der Waals surface area contributed by atoms with Crippen LogP contribution in [0, 0.1) is 52.3 Å². The molecule has 2 nitrogen and oxygen atoms in total. The van der Waals surface area contributed by atoms with E-state index in [1.807, 2.05) is 0 Å². The summed E-state index contributed by atoms with van der Waals surface area (Å²) in [5, 5.41) is 0. The highest BCUT2D eigenvalue weighted by molar-refractivity contribution is 5.69. The van der Waals surface area contributed by atoms with Crippen molar-refractivity contribution in [2.45, 2.75) is 196 Å². The minimum absolute atomic E-state index is 0.0387. The summed E-state index contributed by atoms with van der Waals surface area (Å²) >= 11 is 0. The van der Waals surface area contributed by atoms with Gasteiger partial charge in [0.2, 0.25) is 0 Å². The van der Waals surface area contributed by atoms with Crippen molar-refractivity contribution >= 4 is 5.97 Å². The summed E-state index contributed by atoms with van der Waals surface area (Å²) in [6.45, 7) is 17.4. The van der Waals surface area contributed by atoms with Gasteiger partial charge in [0.1, 0.15) is 6.10 Å². The van der Waals surface area contributed by atoms with Crippen molar-refractivity contribution in [3.63, 3.8) is 0 Å². The Hall–Kier alpha value is -1.83. The quantitative estimate of drug-likeness (QED) is 0.0483. The van der Waals surface area contributed by atoms with E-state index in [4.69, 9.17) is 4.74 Å². The maximum Gasteiger partial charge on any atom is 0.306 e. The zero-order chi connectivity index (χ0) is 37.4. The topological polar surface area (TPSA) is 26.3 Å². The summed E-state index contributed by atoms with van der Waals surface area (Å²) in [5.74, 6) is 6.09. The van der Waals surface area contributed by atoms with Crippen LogP contribution in [0.15, 0.2) is 60.3 Å². The van der Waals surface area contributed by atoms with Crippen molar-refractivity contribution in [3.05, 3.63) is 60.3 Å². The molecule has 9 unspecified atom stereocenters. The molecular formula is C50H82O2. The van der Waals surface area contributed by atoms with Crippen molar-refractivity contribution < 1.29 is 9.53 Å². The van der Waals surface area contributed by atoms with Gasteiger partial charge in [-0.1, -0.05) is 154 Å². The average molecular weight is 715 g/mol. The second-order valence-electron chi connectivity index (χ2n) is 18.7. The lowest BCUT2D eigenvalue weighted by Crippen LogP contribution is -2.51. The molecule has 4 aliphatic carbocycles. The van der Waals surface area contributed by atoms with E-state index in [2.05, 4.69) is 103 Å². The van der Waals surface area contributed by atoms with Gasteiger partial charge in [-0.3, -0.25) is 4.79 Å². The first-order chi connectivity index (χ1) is 25.1. The van der Waals surface area contributed by atoms with Crippen LogP contribution in [-0.4, -0.2) is 12.1 Å². The van der Waals surface area contributed by atoms with Gasteiger partial charge in [-0.05, 0) is 136 Å². The van der Waals surface area contributed by atoms with Gasteiger partial charge in [0, 0.05) is 12.8 Å². The fourth-order valence-corrected chi connectivity index (χ4v) is 11.8. The Morgan fingerprint density at radius 2 is 1.46 bits per heavy atom. The van der Waals surface area contributed by atoms with Crippen molar-refractivity contribution in [1.82, 2.24) is 0 Å². The molecule has 3 saturated carbocycles. The number of fused-ring (bicyclic) bond motifs is 5. The molecule has 0 heterocycles. The molecule has 2 heteroatoms. The normalized spacial score (nSPS) is 31.7. The molecular weight excluding hydrogens is 633 g/mol. The fourth-order valence-electron chi connectivity index (χ4n) is 11.8. The molecule has 0 aromatic rings. The maximum atomic E-state index is 12.9. The van der Waals surface area contributed by atoms with E-state index in [0.29, 0.717) is 17.3 Å². The predicted molar refractivity (Wildman–Crippen MR) is 225 cm³/mol. The molecule has 294 valence electrons. The Bertz CT molecular complexity index is 1200. The van der Waals surface area contributed by atoms with Gasteiger partial charge in [0.15, 0.2) is 0 Å². The van der Waals surface area contributed by atoms with Gasteiger partial charge in [-0.2, -0.15) is 0 Å². The molecule has 0 aromatic carbocycles. The van der Waals surface area contributed by atoms with E-state index in [0.717, 1.165) is 73.5 Å². The molecule has 0 N–H and O–H groups in total. The van der Waals surface area contributed by atoms with Crippen LogP contribution in [0.1, 0.15) is 190 Å². The van der Waals surface area contributed by atoms with E-state index >= 15 is 0 Å². The number of hydrogen-bond acceptors (Lipinski definition) is 2. The van der Waals surface area contributed by atoms with E-state index in [1.165, 1.54) is 103 Å². The number of ether oxygens (including phenoxy) is 1. The lowest BCUT2D eigenvalue weighted by atomic mass is 9.47. The molecule has 9 atom stereocenters. The SMILES string of the molecule is CCCCC/C=C/C=C/C=C/C=C/CCCCCCCC(=O)OC1CCC2(C)C(=CCC3C2CCC2(C)C(C(C)CCC(CC)C(C)C)CCC32)C1. The molecule has 0 radical (unpaired) electrons. The molecule has 0 aliphatic heterocycles. The summed E-state index contributed by atoms with van der Waals surface area (Å²) in [5.41, 5.74) is 2.48. The largest absolute Gasteiger partial charge is 0.462 e. The average Bonchev–Trinajstić information content (AvgIpc) is 3.48. The van der Waals surface area contributed by atoms with E-state index in [1.54, 1.807) is 5.57 Å². The maximum absolute atomic E-state index is 12.9. The third-order valence-corrected chi connectivity index (χ3v) is 15.1. The van der Waals surface area contributed by atoms with Gasteiger partial charge in [-0.15, -0.1) is 0 Å². The Kier molecular flexibility index (Phi) is 18.1. The van der Waals surface area contributed by atoms with Gasteiger partial charge in [0.25, 0.3) is 0 Å². The molecule has 3 fully saturated rings. The standard InChI is InChI=1S/C50H82O2/c1-8-10-11-12-13-14-15-16-17-18-19-20-21-22-23-24-25-26-27-48(51)52-43-34-36-49(6)42(38-43)30-31-44-46-33-32-45(50(46,7)37-35-47(44)49)40(5)28-29-41(9-2)39(3)4/h13-20,30,39-41,43-47H,8-12,21-29,31-38H2,1-7H3/b14-13+,16-15+,18-17+,20-19+. The Morgan fingerprint density at radius 1 is 0.788 bits per heavy atom. The van der Waals surface area contributed by atoms with Gasteiger partial charge >= 0.3 is 5.97 Å². The van der Waals surface area contributed by atoms with Gasteiger partial charge < -0.3 is 4.74 Å². The molecule has 0 saturated heterocycles. The van der Waals surface area contributed by atoms with Crippen LogP contribution < -0.4 is 0 Å². The predicted octanol–water partition coefficient (Wildman–Crippen LogP) is 15.1. The van der Waals surface area contributed by atoms with Gasteiger partial charge in [-0.25, -0.2) is 0 Å². The van der Waals surface area contributed by atoms with Crippen LogP contribution in [0.5, 0.6) is 0 Å². The van der Waals surface area contributed by atoms with Crippen LogP contribution in [0.4, 0.5) is 0 Å². The van der Waals surface area contributed by atoms with Crippen molar-refractivity contribution in [2.75, 3.05) is 0 Å². The number of carbonyl (C=O) groups excluding carboxylic acids is 1. The molecule has 0 aromatic heterocycles. The molecule has 0 bridgehead atoms. The van der Waals surface area contributed by atoms with Crippen molar-refractivity contribution in [2.24, 2.45) is 52.3 Å². The number of rotatable bonds is 22. The number of esters is 1. The number of hydrogen-bond donors (Lipinski definition) is 0. The van der Waals surface area contributed by atoms with E-state index in [9.17, 15) is 4.79 Å². The Morgan fingerprint density at radius 3 is 2.15 bits per heavy atom. The van der Waals surface area contributed by atoms with Crippen LogP contribution >= 0.6 is 0 Å². The highest BCUT2D eigenvalue weighted by Crippen LogP contribution is 2.67. The molecule has 4 rings (SSSR count). The third kappa shape index (κ3) is 11.8. The summed E-state index contributed by atoms with van der Waals surface area (Å²) in [7, 11) is 0. The zero-order valence-corrected chi connectivity index (χ0v) is 35.2.